The smallest absolute Gasteiger partial charge is 0.142 e. The molecule has 0 saturated heterocycles. The highest BCUT2D eigenvalue weighted by Crippen LogP contribution is 2.29. The van der Waals surface area contributed by atoms with E-state index in [9.17, 15) is 0 Å². The van der Waals surface area contributed by atoms with Crippen molar-refractivity contribution in [1.82, 2.24) is 5.32 Å². The van der Waals surface area contributed by atoms with Gasteiger partial charge in [0.2, 0.25) is 0 Å². The van der Waals surface area contributed by atoms with Crippen LogP contribution in [0.3, 0.4) is 0 Å². The molecule has 1 N–H and O–H groups in total. The maximum Gasteiger partial charge on any atom is 0.142 e. The van der Waals surface area contributed by atoms with E-state index in [1.54, 1.807) is 6.07 Å². The highest BCUT2D eigenvalue weighted by molar-refractivity contribution is 6.32. The van der Waals surface area contributed by atoms with Crippen LogP contribution in [0.1, 0.15) is 5.56 Å². The average molecular weight is 246 g/mol. The number of rotatable bonds is 5. The van der Waals surface area contributed by atoms with E-state index in [1.807, 2.05) is 19.2 Å². The number of nitrogens with one attached hydrogen (secondary N) is 1. The monoisotopic (exact) mass is 245 g/mol. The Morgan fingerprint density at radius 2 is 2.27 bits per heavy atom. The number of ether oxygens (including phenoxy) is 1. The fourth-order valence-electron chi connectivity index (χ4n) is 1.20. The summed E-state index contributed by atoms with van der Waals surface area (Å²) in [5, 5.41) is 4.08. The van der Waals surface area contributed by atoms with Crippen molar-refractivity contribution in [3.8, 4) is 5.75 Å². The first-order valence-corrected chi connectivity index (χ1v) is 5.28. The Bertz CT molecular complexity index is 352. The normalized spacial score (nSPS) is 10.1. The number of para-hydroxylation sites is 1. The first-order chi connectivity index (χ1) is 7.15. The summed E-state index contributed by atoms with van der Waals surface area (Å²) in [4.78, 5) is 0. The third-order valence-electron chi connectivity index (χ3n) is 1.79. The third kappa shape index (κ3) is 3.74. The van der Waals surface area contributed by atoms with Crippen LogP contribution in [0.2, 0.25) is 5.02 Å². The molecule has 2 nitrogen and oxygen atoms in total. The molecule has 0 aromatic heterocycles. The van der Waals surface area contributed by atoms with Gasteiger partial charge in [0.15, 0.2) is 0 Å². The molecular weight excluding hydrogens is 233 g/mol. The van der Waals surface area contributed by atoms with Gasteiger partial charge in [-0.05, 0) is 13.1 Å². The van der Waals surface area contributed by atoms with Crippen LogP contribution in [0.25, 0.3) is 0 Å². The summed E-state index contributed by atoms with van der Waals surface area (Å²) in [6.07, 6.45) is 0. The zero-order valence-electron chi connectivity index (χ0n) is 8.52. The van der Waals surface area contributed by atoms with Crippen molar-refractivity contribution in [2.45, 2.75) is 6.54 Å². The van der Waals surface area contributed by atoms with Gasteiger partial charge in [-0.3, -0.25) is 0 Å². The van der Waals surface area contributed by atoms with Gasteiger partial charge in [0, 0.05) is 17.1 Å². The van der Waals surface area contributed by atoms with Gasteiger partial charge in [0.05, 0.1) is 5.02 Å². The molecule has 1 aromatic rings. The van der Waals surface area contributed by atoms with Crippen molar-refractivity contribution < 1.29 is 4.74 Å². The van der Waals surface area contributed by atoms with E-state index < -0.39 is 0 Å². The Morgan fingerprint density at radius 1 is 1.53 bits per heavy atom. The first kappa shape index (κ1) is 12.4. The summed E-state index contributed by atoms with van der Waals surface area (Å²) in [6, 6.07) is 5.62. The maximum absolute atomic E-state index is 6.02. The van der Waals surface area contributed by atoms with Crippen molar-refractivity contribution in [2.24, 2.45) is 0 Å². The molecule has 1 aromatic carbocycles. The van der Waals surface area contributed by atoms with Crippen LogP contribution in [0.15, 0.2) is 29.8 Å². The molecule has 0 spiro atoms. The molecular formula is C11H13Cl2NO. The Hall–Kier alpha value is -0.700. The number of hydrogen-bond donors (Lipinski definition) is 1. The number of benzene rings is 1. The summed E-state index contributed by atoms with van der Waals surface area (Å²) < 4.78 is 5.48. The van der Waals surface area contributed by atoms with Gasteiger partial charge in [-0.2, -0.15) is 0 Å². The molecule has 0 aliphatic rings. The van der Waals surface area contributed by atoms with E-state index in [0.717, 1.165) is 5.56 Å². The Balaban J connectivity index is 2.86. The largest absolute Gasteiger partial charge is 0.486 e. The zero-order valence-corrected chi connectivity index (χ0v) is 10.0. The van der Waals surface area contributed by atoms with Gasteiger partial charge in [-0.25, -0.2) is 0 Å². The number of halogens is 2. The van der Waals surface area contributed by atoms with Crippen molar-refractivity contribution in [3.63, 3.8) is 0 Å². The molecule has 4 heteroatoms. The van der Waals surface area contributed by atoms with E-state index in [0.29, 0.717) is 22.3 Å². The zero-order chi connectivity index (χ0) is 11.3. The lowest BCUT2D eigenvalue weighted by molar-refractivity contribution is 0.355. The predicted molar refractivity (Wildman–Crippen MR) is 64.7 cm³/mol. The molecule has 82 valence electrons. The summed E-state index contributed by atoms with van der Waals surface area (Å²) in [7, 11) is 1.87. The quantitative estimate of drug-likeness (QED) is 0.861. The minimum absolute atomic E-state index is 0.266. The van der Waals surface area contributed by atoms with E-state index in [1.165, 1.54) is 0 Å². The van der Waals surface area contributed by atoms with Gasteiger partial charge in [0.1, 0.15) is 12.4 Å². The standard InChI is InChI=1S/C11H13Cl2NO/c1-8(12)7-15-11-9(6-14-2)4-3-5-10(11)13/h3-5,14H,1,6-7H2,2H3. The minimum Gasteiger partial charge on any atom is -0.486 e. The van der Waals surface area contributed by atoms with Gasteiger partial charge in [0.25, 0.3) is 0 Å². The molecule has 1 rings (SSSR count). The Kier molecular flexibility index (Phi) is 4.95. The Morgan fingerprint density at radius 3 is 2.87 bits per heavy atom. The highest BCUT2D eigenvalue weighted by Gasteiger charge is 2.07. The van der Waals surface area contributed by atoms with Crippen molar-refractivity contribution in [3.05, 3.63) is 40.4 Å². The van der Waals surface area contributed by atoms with E-state index >= 15 is 0 Å². The molecule has 0 amide bonds. The van der Waals surface area contributed by atoms with Crippen LogP contribution in [0.5, 0.6) is 5.75 Å². The number of hydrogen-bond acceptors (Lipinski definition) is 2. The summed E-state index contributed by atoms with van der Waals surface area (Å²) in [5.41, 5.74) is 1.00. The highest BCUT2D eigenvalue weighted by atomic mass is 35.5. The van der Waals surface area contributed by atoms with Crippen molar-refractivity contribution in [2.75, 3.05) is 13.7 Å². The molecule has 0 aliphatic heterocycles. The third-order valence-corrected chi connectivity index (χ3v) is 2.20. The molecule has 0 fully saturated rings. The van der Waals surface area contributed by atoms with E-state index in [2.05, 4.69) is 11.9 Å². The van der Waals surface area contributed by atoms with Crippen LogP contribution in [-0.2, 0) is 6.54 Å². The van der Waals surface area contributed by atoms with Crippen molar-refractivity contribution in [1.29, 1.82) is 0 Å². The van der Waals surface area contributed by atoms with Crippen LogP contribution in [0, 0.1) is 0 Å². The second-order valence-electron chi connectivity index (χ2n) is 3.06. The van der Waals surface area contributed by atoms with Crippen molar-refractivity contribution >= 4 is 23.2 Å². The fraction of sp³-hybridized carbons (Fsp3) is 0.273. The van der Waals surface area contributed by atoms with Gasteiger partial charge >= 0.3 is 0 Å². The molecule has 0 unspecified atom stereocenters. The molecule has 0 atom stereocenters. The summed E-state index contributed by atoms with van der Waals surface area (Å²) >= 11 is 11.7. The fourth-order valence-corrected chi connectivity index (χ4v) is 1.50. The Labute approximate surface area is 99.8 Å². The van der Waals surface area contributed by atoms with Gasteiger partial charge in [-0.15, -0.1) is 0 Å². The average Bonchev–Trinajstić information content (AvgIpc) is 2.17. The predicted octanol–water partition coefficient (Wildman–Crippen LogP) is 3.19. The van der Waals surface area contributed by atoms with Crippen LogP contribution in [0.4, 0.5) is 0 Å². The van der Waals surface area contributed by atoms with Crippen LogP contribution in [-0.4, -0.2) is 13.7 Å². The van der Waals surface area contributed by atoms with Gasteiger partial charge < -0.3 is 10.1 Å². The van der Waals surface area contributed by atoms with Gasteiger partial charge in [-0.1, -0.05) is 41.9 Å². The lowest BCUT2D eigenvalue weighted by atomic mass is 10.2. The topological polar surface area (TPSA) is 21.3 Å². The first-order valence-electron chi connectivity index (χ1n) is 4.53. The van der Waals surface area contributed by atoms with Crippen LogP contribution < -0.4 is 10.1 Å². The molecule has 0 radical (unpaired) electrons. The molecule has 0 aliphatic carbocycles. The summed E-state index contributed by atoms with van der Waals surface area (Å²) in [5.74, 6) is 0.662. The SMILES string of the molecule is C=C(Cl)COc1c(Cl)cccc1CNC. The lowest BCUT2D eigenvalue weighted by Crippen LogP contribution is -2.08. The van der Waals surface area contributed by atoms with Crippen LogP contribution >= 0.6 is 23.2 Å². The second kappa shape index (κ2) is 6.01. The molecule has 0 bridgehead atoms. The molecule has 15 heavy (non-hydrogen) atoms. The minimum atomic E-state index is 0.266. The summed E-state index contributed by atoms with van der Waals surface area (Å²) in [6.45, 7) is 4.52. The molecule has 0 saturated carbocycles. The second-order valence-corrected chi connectivity index (χ2v) is 4.01. The molecule has 0 heterocycles. The lowest BCUT2D eigenvalue weighted by Gasteiger charge is -2.12. The maximum atomic E-state index is 6.02. The van der Waals surface area contributed by atoms with E-state index in [4.69, 9.17) is 27.9 Å². The van der Waals surface area contributed by atoms with E-state index in [-0.39, 0.29) is 6.61 Å².